The van der Waals surface area contributed by atoms with Crippen molar-refractivity contribution in [2.45, 2.75) is 4.90 Å². The molecule has 0 saturated heterocycles. The summed E-state index contributed by atoms with van der Waals surface area (Å²) in [5, 5.41) is 7.01. The smallest absolute Gasteiger partial charge is 0.359 e. The van der Waals surface area contributed by atoms with E-state index < -0.39 is 5.97 Å². The summed E-state index contributed by atoms with van der Waals surface area (Å²) in [6, 6.07) is 13.8. The van der Waals surface area contributed by atoms with Crippen LogP contribution in [0.25, 0.3) is 22.4 Å². The number of H-pyrrole nitrogens is 1. The van der Waals surface area contributed by atoms with Gasteiger partial charge >= 0.3 is 5.97 Å². The quantitative estimate of drug-likeness (QED) is 0.564. The average molecular weight is 342 g/mol. The van der Waals surface area contributed by atoms with Crippen LogP contribution in [0.2, 0.25) is 0 Å². The van der Waals surface area contributed by atoms with Crippen molar-refractivity contribution in [2.75, 3.05) is 13.4 Å². The van der Waals surface area contributed by atoms with Crippen molar-refractivity contribution in [1.82, 2.24) is 10.2 Å². The van der Waals surface area contributed by atoms with E-state index in [0.29, 0.717) is 16.8 Å². The van der Waals surface area contributed by atoms with Crippen LogP contribution in [0.3, 0.4) is 0 Å². The van der Waals surface area contributed by atoms with Crippen molar-refractivity contribution in [3.05, 3.63) is 60.0 Å². The highest BCUT2D eigenvalue weighted by Gasteiger charge is 2.22. The average Bonchev–Trinajstić information content (AvgIpc) is 3.06. The number of ether oxygens (including phenoxy) is 1. The second-order valence-electron chi connectivity index (χ2n) is 5.05. The molecule has 0 aliphatic rings. The topological polar surface area (TPSA) is 55.0 Å². The Morgan fingerprint density at radius 3 is 2.29 bits per heavy atom. The van der Waals surface area contributed by atoms with Gasteiger partial charge in [0.15, 0.2) is 5.69 Å². The number of nitrogens with one attached hydrogen (secondary N) is 1. The first-order chi connectivity index (χ1) is 11.6. The van der Waals surface area contributed by atoms with Crippen LogP contribution in [0.1, 0.15) is 10.5 Å². The van der Waals surface area contributed by atoms with E-state index in [0.717, 1.165) is 10.5 Å². The summed E-state index contributed by atoms with van der Waals surface area (Å²) in [4.78, 5) is 13.2. The normalized spacial score (nSPS) is 10.6. The number of rotatable bonds is 4. The predicted molar refractivity (Wildman–Crippen MR) is 92.5 cm³/mol. The molecule has 0 aliphatic carbocycles. The Morgan fingerprint density at radius 2 is 1.71 bits per heavy atom. The van der Waals surface area contributed by atoms with Crippen LogP contribution >= 0.6 is 11.8 Å². The monoisotopic (exact) mass is 342 g/mol. The summed E-state index contributed by atoms with van der Waals surface area (Å²) in [5.41, 5.74) is 3.03. The highest BCUT2D eigenvalue weighted by Crippen LogP contribution is 2.34. The number of methoxy groups -OCH3 is 1. The minimum Gasteiger partial charge on any atom is -0.464 e. The Morgan fingerprint density at radius 1 is 1.08 bits per heavy atom. The first-order valence-corrected chi connectivity index (χ1v) is 8.43. The predicted octanol–water partition coefficient (Wildman–Crippen LogP) is 4.39. The fourth-order valence-electron chi connectivity index (χ4n) is 2.45. The number of hydrogen-bond donors (Lipinski definition) is 1. The lowest BCUT2D eigenvalue weighted by Gasteiger charge is -2.07. The molecule has 0 unspecified atom stereocenters. The maximum Gasteiger partial charge on any atom is 0.359 e. The van der Waals surface area contributed by atoms with Gasteiger partial charge in [0, 0.05) is 16.0 Å². The van der Waals surface area contributed by atoms with Gasteiger partial charge in [0.05, 0.1) is 12.8 Å². The molecule has 0 fully saturated rings. The van der Waals surface area contributed by atoms with Gasteiger partial charge < -0.3 is 4.74 Å². The third-order valence-corrected chi connectivity index (χ3v) is 4.40. The summed E-state index contributed by atoms with van der Waals surface area (Å²) < 4.78 is 18.1. The second kappa shape index (κ2) is 6.88. The lowest BCUT2D eigenvalue weighted by atomic mass is 9.99. The van der Waals surface area contributed by atoms with Crippen molar-refractivity contribution in [3.8, 4) is 22.4 Å². The molecule has 0 atom stereocenters. The van der Waals surface area contributed by atoms with E-state index >= 15 is 0 Å². The van der Waals surface area contributed by atoms with Crippen LogP contribution in [0.15, 0.2) is 53.4 Å². The number of benzene rings is 2. The molecule has 1 aromatic heterocycles. The fourth-order valence-corrected chi connectivity index (χ4v) is 2.86. The van der Waals surface area contributed by atoms with Crippen molar-refractivity contribution in [1.29, 1.82) is 0 Å². The Kier molecular flexibility index (Phi) is 4.66. The molecule has 122 valence electrons. The molecule has 4 nitrogen and oxygen atoms in total. The zero-order chi connectivity index (χ0) is 17.1. The van der Waals surface area contributed by atoms with Gasteiger partial charge in [-0.2, -0.15) is 5.10 Å². The van der Waals surface area contributed by atoms with Crippen molar-refractivity contribution < 1.29 is 13.9 Å². The van der Waals surface area contributed by atoms with Crippen LogP contribution < -0.4 is 0 Å². The van der Waals surface area contributed by atoms with E-state index in [9.17, 15) is 9.18 Å². The molecule has 1 heterocycles. The number of aromatic amines is 1. The number of hydrogen-bond acceptors (Lipinski definition) is 4. The minimum atomic E-state index is -0.544. The van der Waals surface area contributed by atoms with E-state index in [4.69, 9.17) is 4.74 Å². The van der Waals surface area contributed by atoms with E-state index in [2.05, 4.69) is 10.2 Å². The standard InChI is InChI=1S/C18H15FN2O2S/c1-23-18(22)17-15(11-3-7-13(19)8-4-11)16(20-21-17)12-5-9-14(24-2)10-6-12/h3-10H,1-2H3,(H,20,21). The number of nitrogens with zero attached hydrogens (tertiary/aromatic N) is 1. The molecular formula is C18H15FN2O2S. The lowest BCUT2D eigenvalue weighted by molar-refractivity contribution is 0.0595. The Bertz CT molecular complexity index is 858. The van der Waals surface area contributed by atoms with Gasteiger partial charge in [0.2, 0.25) is 0 Å². The second-order valence-corrected chi connectivity index (χ2v) is 5.93. The van der Waals surface area contributed by atoms with E-state index in [1.165, 1.54) is 19.2 Å². The molecular weight excluding hydrogens is 327 g/mol. The maximum absolute atomic E-state index is 13.2. The van der Waals surface area contributed by atoms with Gasteiger partial charge in [-0.15, -0.1) is 11.8 Å². The van der Waals surface area contributed by atoms with Gasteiger partial charge in [-0.3, -0.25) is 5.10 Å². The van der Waals surface area contributed by atoms with Crippen molar-refractivity contribution in [3.63, 3.8) is 0 Å². The first kappa shape index (κ1) is 16.3. The van der Waals surface area contributed by atoms with Crippen LogP contribution in [-0.4, -0.2) is 29.5 Å². The van der Waals surface area contributed by atoms with Gasteiger partial charge in [-0.25, -0.2) is 9.18 Å². The highest BCUT2D eigenvalue weighted by atomic mass is 32.2. The minimum absolute atomic E-state index is 0.174. The number of carbonyl (C=O) groups is 1. The Hall–Kier alpha value is -2.60. The number of esters is 1. The summed E-state index contributed by atoms with van der Waals surface area (Å²) in [7, 11) is 1.30. The summed E-state index contributed by atoms with van der Waals surface area (Å²) in [6.07, 6.45) is 2.00. The summed E-state index contributed by atoms with van der Waals surface area (Å²) in [5.74, 6) is -0.884. The van der Waals surface area contributed by atoms with E-state index in [-0.39, 0.29) is 11.5 Å². The van der Waals surface area contributed by atoms with Gasteiger partial charge in [-0.1, -0.05) is 24.3 Å². The molecule has 0 amide bonds. The molecule has 1 N–H and O–H groups in total. The molecule has 0 radical (unpaired) electrons. The molecule has 3 aromatic rings. The van der Waals surface area contributed by atoms with Crippen LogP contribution in [0.5, 0.6) is 0 Å². The van der Waals surface area contributed by atoms with Gasteiger partial charge in [0.1, 0.15) is 5.82 Å². The maximum atomic E-state index is 13.2. The number of carbonyl (C=O) groups excluding carboxylic acids is 1. The zero-order valence-corrected chi connectivity index (χ0v) is 14.0. The molecule has 6 heteroatoms. The third-order valence-electron chi connectivity index (χ3n) is 3.66. The number of aromatic nitrogens is 2. The van der Waals surface area contributed by atoms with Crippen molar-refractivity contribution in [2.24, 2.45) is 0 Å². The lowest BCUT2D eigenvalue weighted by Crippen LogP contribution is -2.03. The molecule has 2 aromatic carbocycles. The van der Waals surface area contributed by atoms with Crippen molar-refractivity contribution >= 4 is 17.7 Å². The molecule has 0 bridgehead atoms. The SMILES string of the molecule is COC(=O)c1n[nH]c(-c2ccc(SC)cc2)c1-c1ccc(F)cc1. The van der Waals surface area contributed by atoms with Crippen LogP contribution in [-0.2, 0) is 4.74 Å². The van der Waals surface area contributed by atoms with Crippen LogP contribution in [0, 0.1) is 5.82 Å². The Labute approximate surface area is 143 Å². The molecule has 0 aliphatic heterocycles. The number of thioether (sulfide) groups is 1. The molecule has 24 heavy (non-hydrogen) atoms. The van der Waals surface area contributed by atoms with E-state index in [1.54, 1.807) is 23.9 Å². The fraction of sp³-hybridized carbons (Fsp3) is 0.111. The first-order valence-electron chi connectivity index (χ1n) is 7.21. The number of halogens is 1. The summed E-state index contributed by atoms with van der Waals surface area (Å²) in [6.45, 7) is 0. The molecule has 0 spiro atoms. The van der Waals surface area contributed by atoms with Crippen LogP contribution in [0.4, 0.5) is 4.39 Å². The largest absolute Gasteiger partial charge is 0.464 e. The summed E-state index contributed by atoms with van der Waals surface area (Å²) >= 11 is 1.65. The Balaban J connectivity index is 2.17. The zero-order valence-electron chi connectivity index (χ0n) is 13.2. The van der Waals surface area contributed by atoms with E-state index in [1.807, 2.05) is 30.5 Å². The molecule has 0 saturated carbocycles. The van der Waals surface area contributed by atoms with Gasteiger partial charge in [0.25, 0.3) is 0 Å². The third kappa shape index (κ3) is 3.05. The highest BCUT2D eigenvalue weighted by molar-refractivity contribution is 7.98. The van der Waals surface area contributed by atoms with Gasteiger partial charge in [-0.05, 0) is 36.1 Å². The molecule has 3 rings (SSSR count).